The van der Waals surface area contributed by atoms with Crippen molar-refractivity contribution in [2.24, 2.45) is 0 Å². The van der Waals surface area contributed by atoms with Gasteiger partial charge in [-0.3, -0.25) is 0 Å². The van der Waals surface area contributed by atoms with Crippen LogP contribution in [0.4, 0.5) is 105 Å². The number of sulfonamides is 8. The molecule has 0 N–H and O–H groups in total. The Balaban J connectivity index is -0.0000000490. The summed E-state index contributed by atoms with van der Waals surface area (Å²) in [5, 5.41) is 0. The van der Waals surface area contributed by atoms with Crippen molar-refractivity contribution in [1.82, 2.24) is 0 Å². The molecule has 0 aliphatic carbocycles. The summed E-state index contributed by atoms with van der Waals surface area (Å²) < 4.78 is 511. The molecular formula is C40H80Cl4F24Mg4N4O32S8. The summed E-state index contributed by atoms with van der Waals surface area (Å²) in [6.07, 6.45) is 0. The van der Waals surface area contributed by atoms with E-state index in [0.717, 1.165) is 16.5 Å². The Hall–Kier alpha value is 1.34. The van der Waals surface area contributed by atoms with Gasteiger partial charge in [-0.25, -0.2) is 67.3 Å². The normalized spacial score (nSPS) is 11.7. The van der Waals surface area contributed by atoms with Gasteiger partial charge in [0.2, 0.25) is 0 Å². The molecule has 0 aromatic rings. The summed E-state index contributed by atoms with van der Waals surface area (Å²) in [5.74, 6) is 0. The van der Waals surface area contributed by atoms with Gasteiger partial charge in [-0.05, 0) is 0 Å². The van der Waals surface area contributed by atoms with Crippen LogP contribution in [0.5, 0.6) is 0 Å². The maximum Gasteiger partial charge on any atom is 2.00 e. The van der Waals surface area contributed by atoms with Crippen LogP contribution in [0.3, 0.4) is 0 Å². The van der Waals surface area contributed by atoms with E-state index in [0.29, 0.717) is 106 Å². The topological polar surface area (TPSA) is 477 Å². The van der Waals surface area contributed by atoms with Crippen molar-refractivity contribution in [3.05, 3.63) is 16.5 Å². The first kappa shape index (κ1) is 168. The van der Waals surface area contributed by atoms with Crippen molar-refractivity contribution >= 4 is 172 Å². The van der Waals surface area contributed by atoms with Crippen LogP contribution in [-0.4, -0.2) is 423 Å². The third-order valence-electron chi connectivity index (χ3n) is 7.06. The number of rotatable bonds is 32. The number of alkyl halides is 24. The van der Waals surface area contributed by atoms with Gasteiger partial charge < -0.3 is 142 Å². The molecule has 0 atom stereocenters. The number of hydrogen-bond donors (Lipinski definition) is 0. The zero-order valence-electron chi connectivity index (χ0n) is 62.8. The summed E-state index contributed by atoms with van der Waals surface area (Å²) in [6.45, 7) is 11.1. The van der Waals surface area contributed by atoms with Crippen LogP contribution >= 0.6 is 0 Å². The molecule has 0 saturated carbocycles. The Morgan fingerprint density at radius 3 is 0.224 bits per heavy atom. The van der Waals surface area contributed by atoms with E-state index in [1.54, 1.807) is 114 Å². The molecule has 704 valence electrons. The van der Waals surface area contributed by atoms with Crippen molar-refractivity contribution in [1.29, 1.82) is 0 Å². The molecule has 0 unspecified atom stereocenters. The van der Waals surface area contributed by atoms with E-state index in [1.165, 1.54) is 0 Å². The molecule has 0 rings (SSSR count). The van der Waals surface area contributed by atoms with Gasteiger partial charge in [-0.2, -0.15) is 105 Å². The summed E-state index contributed by atoms with van der Waals surface area (Å²) in [6, 6.07) is 0. The van der Waals surface area contributed by atoms with Gasteiger partial charge in [0.1, 0.15) is 0 Å². The van der Waals surface area contributed by atoms with Crippen LogP contribution in [0, 0.1) is 0 Å². The van der Waals surface area contributed by atoms with Crippen LogP contribution in [0.15, 0.2) is 0 Å². The first-order valence-corrected chi connectivity index (χ1v) is 37.0. The van der Waals surface area contributed by atoms with Crippen LogP contribution in [0.25, 0.3) is 16.5 Å². The third-order valence-corrected chi connectivity index (χ3v) is 18.0. The molecule has 116 heavy (non-hydrogen) atoms. The first-order valence-electron chi connectivity index (χ1n) is 25.4. The van der Waals surface area contributed by atoms with Gasteiger partial charge in [0.15, 0.2) is 80.2 Å². The molecule has 0 fully saturated rings. The molecule has 0 spiro atoms. The van der Waals surface area contributed by atoms with Crippen LogP contribution in [0.2, 0.25) is 0 Å². The standard InChI is InChI=1S/8C4H10O2.4C2F6NO4S2.4ClH.4Mg/c8*1-5-3-4-6-2;4*3-1(4,5)14(10,11)9-15(12,13)2(6,7)8;;;;;;;;/h8*3-4H2,1-2H3;;;;;4*1H;;;;/q;;;;;;;;4*-1;;;;;4*+2/p-4. The molecule has 0 aliphatic rings. The molecule has 36 nitrogen and oxygen atoms in total. The molecule has 0 bridgehead atoms. The average Bonchev–Trinajstić information content (AvgIpc) is 0.814. The van der Waals surface area contributed by atoms with Crippen molar-refractivity contribution < 1.29 is 298 Å². The second-order valence-corrected chi connectivity index (χ2v) is 29.2. The molecule has 0 saturated heterocycles. The largest absolute Gasteiger partial charge is 2.00 e. The van der Waals surface area contributed by atoms with Gasteiger partial charge in [0, 0.05) is 114 Å². The quantitative estimate of drug-likeness (QED) is 0.0343. The number of ether oxygens (including phenoxy) is 16. The van der Waals surface area contributed by atoms with E-state index in [9.17, 15) is 173 Å². The van der Waals surface area contributed by atoms with E-state index in [2.05, 4.69) is 75.8 Å². The van der Waals surface area contributed by atoms with Gasteiger partial charge in [-0.15, -0.1) is 0 Å². The molecular weight excluding hydrogens is 2000 g/mol. The minimum Gasteiger partial charge on any atom is -1.00 e. The Morgan fingerprint density at radius 1 is 0.155 bits per heavy atom. The van der Waals surface area contributed by atoms with Crippen LogP contribution < -0.4 is 49.6 Å². The predicted octanol–water partition coefficient (Wildman–Crippen LogP) is -7.04. The van der Waals surface area contributed by atoms with Gasteiger partial charge in [0.25, 0.3) is 0 Å². The Kier molecular flexibility index (Phi) is 126. The molecule has 0 radical (unpaired) electrons. The number of nitrogens with zero attached hydrogens (tertiary/aromatic N) is 4. The maximum absolute atomic E-state index is 11.4. The maximum atomic E-state index is 11.4. The second kappa shape index (κ2) is 87.1. The minimum atomic E-state index is -6.72. The van der Waals surface area contributed by atoms with E-state index >= 15 is 0 Å². The fourth-order valence-electron chi connectivity index (χ4n) is 2.19. The molecule has 0 amide bonds. The SMILES string of the molecule is COCCOC.COCCOC.COCCOC.COCCOC.COCCOC.COCCOC.COCCOC.COCCOC.O=S(=O)([N-]S(=O)(=O)C(F)(F)F)C(F)(F)F.O=S(=O)([N-]S(=O)(=O)C(F)(F)F)C(F)(F)F.O=S(=O)([N-]S(=O)(=O)C(F)(F)F)C(F)(F)F.O=S(=O)([N-]S(=O)(=O)C(F)(F)F)C(F)(F)F.[Cl-].[Cl-].[Cl-].[Cl-].[Mg+2].[Mg+2].[Mg+2].[Mg+2]. The smallest absolute Gasteiger partial charge is 1.00 e. The van der Waals surface area contributed by atoms with Crippen molar-refractivity contribution in [2.75, 3.05) is 219 Å². The Labute approximate surface area is 744 Å². The second-order valence-electron chi connectivity index (χ2n) is 15.5. The zero-order valence-corrected chi connectivity index (χ0v) is 78.1. The van der Waals surface area contributed by atoms with Crippen molar-refractivity contribution in [2.45, 2.75) is 44.1 Å². The van der Waals surface area contributed by atoms with Crippen molar-refractivity contribution in [3.8, 4) is 0 Å². The summed E-state index contributed by atoms with van der Waals surface area (Å²) in [4.78, 5) is 0. The summed E-state index contributed by atoms with van der Waals surface area (Å²) >= 11 is 0. The number of hydrogen-bond acceptors (Lipinski definition) is 32. The Morgan fingerprint density at radius 2 is 0.198 bits per heavy atom. The monoisotopic (exact) mass is 2080 g/mol. The summed E-state index contributed by atoms with van der Waals surface area (Å²) in [7, 11) is -27.3. The van der Waals surface area contributed by atoms with Gasteiger partial charge in [-0.1, -0.05) is 0 Å². The molecule has 0 aliphatic heterocycles. The van der Waals surface area contributed by atoms with E-state index in [1.807, 2.05) is 0 Å². The third kappa shape index (κ3) is 102. The van der Waals surface area contributed by atoms with Crippen LogP contribution in [-0.2, 0) is 156 Å². The molecule has 0 aromatic heterocycles. The van der Waals surface area contributed by atoms with E-state index in [4.69, 9.17) is 0 Å². The summed E-state index contributed by atoms with van der Waals surface area (Å²) in [5.41, 5.74) is -49.6. The fourth-order valence-corrected chi connectivity index (χ4v) is 9.03. The van der Waals surface area contributed by atoms with Crippen molar-refractivity contribution in [3.63, 3.8) is 0 Å². The molecule has 0 heterocycles. The first-order chi connectivity index (χ1) is 48.1. The van der Waals surface area contributed by atoms with E-state index in [-0.39, 0.29) is 142 Å². The fraction of sp³-hybridized carbons (Fsp3) is 1.00. The minimum absolute atomic E-state index is 0. The Bertz CT molecular complexity index is 2470. The number of halogens is 28. The van der Waals surface area contributed by atoms with Gasteiger partial charge in [0.05, 0.1) is 106 Å². The molecule has 76 heteroatoms. The zero-order chi connectivity index (χ0) is 89.5. The molecule has 0 aromatic carbocycles. The van der Waals surface area contributed by atoms with Crippen LogP contribution in [0.1, 0.15) is 0 Å². The average molecular weight is 2080 g/mol. The van der Waals surface area contributed by atoms with E-state index < -0.39 is 124 Å². The predicted molar refractivity (Wildman–Crippen MR) is 346 cm³/mol. The van der Waals surface area contributed by atoms with Gasteiger partial charge >= 0.3 is 136 Å². The number of methoxy groups -OCH3 is 16.